The van der Waals surface area contributed by atoms with E-state index in [1.54, 1.807) is 4.68 Å². The Hall–Kier alpha value is -2.65. The first-order valence-corrected chi connectivity index (χ1v) is 8.24. The minimum absolute atomic E-state index is 0.0566. The molecular weight excluding hydrogens is 302 g/mol. The van der Waals surface area contributed by atoms with Gasteiger partial charge in [-0.3, -0.25) is 4.68 Å². The summed E-state index contributed by atoms with van der Waals surface area (Å²) in [6.07, 6.45) is 9.81. The lowest BCUT2D eigenvalue weighted by Gasteiger charge is -2.21. The van der Waals surface area contributed by atoms with E-state index < -0.39 is 0 Å². The van der Waals surface area contributed by atoms with Crippen LogP contribution in [0.4, 0.5) is 0 Å². The lowest BCUT2D eigenvalue weighted by Crippen LogP contribution is -2.20. The maximum atomic E-state index is 9.17. The number of hydrogen-bond donors (Lipinski definition) is 1. The summed E-state index contributed by atoms with van der Waals surface area (Å²) in [5.74, 6) is 0.398. The molecule has 2 aliphatic heterocycles. The van der Waals surface area contributed by atoms with Gasteiger partial charge in [0.25, 0.3) is 0 Å². The summed E-state index contributed by atoms with van der Waals surface area (Å²) in [5, 5.41) is 14.5. The molecule has 6 heteroatoms. The van der Waals surface area contributed by atoms with Crippen molar-refractivity contribution in [3.8, 4) is 17.2 Å². The Labute approximate surface area is 139 Å². The number of ether oxygens (including phenoxy) is 1. The summed E-state index contributed by atoms with van der Waals surface area (Å²) >= 11 is 0. The molecule has 1 N–H and O–H groups in total. The van der Waals surface area contributed by atoms with Crippen LogP contribution in [0.3, 0.4) is 0 Å². The number of nitriles is 1. The van der Waals surface area contributed by atoms with Crippen molar-refractivity contribution in [2.75, 3.05) is 0 Å². The van der Waals surface area contributed by atoms with Gasteiger partial charge in [-0.05, 0) is 24.5 Å². The minimum Gasteiger partial charge on any atom is -0.373 e. The Morgan fingerprint density at radius 2 is 2.25 bits per heavy atom. The summed E-state index contributed by atoms with van der Waals surface area (Å²) in [4.78, 5) is 7.84. The highest BCUT2D eigenvalue weighted by atomic mass is 16.5. The summed E-state index contributed by atoms with van der Waals surface area (Å²) in [5.41, 5.74) is 4.29. The molecule has 120 valence electrons. The second-order valence-corrected chi connectivity index (χ2v) is 6.80. The van der Waals surface area contributed by atoms with Crippen LogP contribution in [0, 0.1) is 17.2 Å². The molecule has 5 rings (SSSR count). The van der Waals surface area contributed by atoms with E-state index in [1.807, 2.05) is 31.8 Å². The maximum absolute atomic E-state index is 9.17. The molecule has 0 aliphatic carbocycles. The van der Waals surface area contributed by atoms with E-state index in [4.69, 9.17) is 10.00 Å². The third-order valence-corrected chi connectivity index (χ3v) is 5.38. The summed E-state index contributed by atoms with van der Waals surface area (Å²) < 4.78 is 7.79. The number of nitrogens with zero attached hydrogens (tertiary/aromatic N) is 4. The zero-order chi connectivity index (χ0) is 16.3. The molecule has 4 unspecified atom stereocenters. The first kappa shape index (κ1) is 13.8. The SMILES string of the molecule is Cn1cc(-c2c[nH]c3ncc(C4CC5OC4CC5C#N)cc23)cn1. The quantitative estimate of drug-likeness (QED) is 0.787. The Balaban J connectivity index is 1.54. The molecule has 2 fully saturated rings. The van der Waals surface area contributed by atoms with Gasteiger partial charge < -0.3 is 9.72 Å². The molecule has 0 radical (unpaired) electrons. The molecule has 0 saturated carbocycles. The first-order chi connectivity index (χ1) is 11.7. The minimum atomic E-state index is 0.0566. The molecule has 6 nitrogen and oxygen atoms in total. The van der Waals surface area contributed by atoms with Crippen LogP contribution in [0.2, 0.25) is 0 Å². The van der Waals surface area contributed by atoms with Crippen LogP contribution in [0.15, 0.2) is 30.9 Å². The van der Waals surface area contributed by atoms with E-state index in [-0.39, 0.29) is 18.1 Å². The molecule has 2 saturated heterocycles. The summed E-state index contributed by atoms with van der Waals surface area (Å²) in [6, 6.07) is 4.59. The number of aryl methyl sites for hydroxylation is 1. The summed E-state index contributed by atoms with van der Waals surface area (Å²) in [6.45, 7) is 0. The number of pyridine rings is 1. The predicted octanol–water partition coefficient (Wildman–Crippen LogP) is 2.75. The van der Waals surface area contributed by atoms with Crippen molar-refractivity contribution in [3.05, 3.63) is 36.4 Å². The summed E-state index contributed by atoms with van der Waals surface area (Å²) in [7, 11) is 1.92. The molecule has 0 aromatic carbocycles. The van der Waals surface area contributed by atoms with Gasteiger partial charge in [0, 0.05) is 48.1 Å². The number of rotatable bonds is 2. The highest BCUT2D eigenvalue weighted by Crippen LogP contribution is 2.47. The van der Waals surface area contributed by atoms with Crippen LogP contribution in [0.25, 0.3) is 22.2 Å². The maximum Gasteiger partial charge on any atom is 0.137 e. The van der Waals surface area contributed by atoms with Crippen molar-refractivity contribution in [3.63, 3.8) is 0 Å². The number of fused-ring (bicyclic) bond motifs is 3. The monoisotopic (exact) mass is 319 g/mol. The second-order valence-electron chi connectivity index (χ2n) is 6.80. The van der Waals surface area contributed by atoms with Gasteiger partial charge in [-0.15, -0.1) is 0 Å². The van der Waals surface area contributed by atoms with Gasteiger partial charge in [-0.25, -0.2) is 4.98 Å². The molecule has 0 amide bonds. The smallest absolute Gasteiger partial charge is 0.137 e. The van der Waals surface area contributed by atoms with Crippen molar-refractivity contribution < 1.29 is 4.74 Å². The number of H-pyrrole nitrogens is 1. The fourth-order valence-corrected chi connectivity index (χ4v) is 4.17. The van der Waals surface area contributed by atoms with Crippen LogP contribution in [-0.4, -0.2) is 32.0 Å². The van der Waals surface area contributed by atoms with Gasteiger partial charge in [0.1, 0.15) is 5.65 Å². The number of hydrogen-bond acceptors (Lipinski definition) is 4. The Morgan fingerprint density at radius 3 is 2.96 bits per heavy atom. The third-order valence-electron chi connectivity index (χ3n) is 5.38. The van der Waals surface area contributed by atoms with Crippen molar-refractivity contribution in [1.82, 2.24) is 19.7 Å². The zero-order valence-corrected chi connectivity index (χ0v) is 13.3. The predicted molar refractivity (Wildman–Crippen MR) is 88.0 cm³/mol. The van der Waals surface area contributed by atoms with E-state index in [2.05, 4.69) is 27.2 Å². The number of nitrogens with one attached hydrogen (secondary N) is 1. The average Bonchev–Trinajstić information content (AvgIpc) is 3.35. The third kappa shape index (κ3) is 1.91. The molecule has 4 atom stereocenters. The Bertz CT molecular complexity index is 965. The van der Waals surface area contributed by atoms with E-state index in [0.717, 1.165) is 35.0 Å². The van der Waals surface area contributed by atoms with Crippen LogP contribution < -0.4 is 0 Å². The van der Waals surface area contributed by atoms with Crippen molar-refractivity contribution in [2.45, 2.75) is 31.0 Å². The molecule has 2 aliphatic rings. The van der Waals surface area contributed by atoms with Gasteiger partial charge in [-0.1, -0.05) is 0 Å². The standard InChI is InChI=1S/C18H17N5O/c1-23-9-12(7-22-23)15-8-21-18-14(15)2-11(6-20-18)13-4-16-10(5-19)3-17(13)24-16/h2,6-10,13,16-17H,3-4H2,1H3,(H,20,21). The van der Waals surface area contributed by atoms with Gasteiger partial charge in [0.15, 0.2) is 0 Å². The normalized spacial score (nSPS) is 28.5. The van der Waals surface area contributed by atoms with Crippen LogP contribution in [0.5, 0.6) is 0 Å². The van der Waals surface area contributed by atoms with Gasteiger partial charge in [0.2, 0.25) is 0 Å². The second kappa shape index (κ2) is 4.92. The Kier molecular flexibility index (Phi) is 2.82. The molecular formula is C18H17N5O. The van der Waals surface area contributed by atoms with E-state index >= 15 is 0 Å². The van der Waals surface area contributed by atoms with E-state index in [1.165, 1.54) is 5.56 Å². The average molecular weight is 319 g/mol. The fourth-order valence-electron chi connectivity index (χ4n) is 4.17. The molecule has 0 spiro atoms. The van der Waals surface area contributed by atoms with E-state index in [0.29, 0.717) is 5.92 Å². The van der Waals surface area contributed by atoms with Crippen LogP contribution >= 0.6 is 0 Å². The fraction of sp³-hybridized carbons (Fsp3) is 0.389. The van der Waals surface area contributed by atoms with Crippen LogP contribution in [0.1, 0.15) is 24.3 Å². The molecule has 2 bridgehead atoms. The lowest BCUT2D eigenvalue weighted by molar-refractivity contribution is 0.0951. The molecule has 24 heavy (non-hydrogen) atoms. The lowest BCUT2D eigenvalue weighted by atomic mass is 9.79. The molecule has 5 heterocycles. The zero-order valence-electron chi connectivity index (χ0n) is 13.3. The molecule has 3 aromatic rings. The molecule has 3 aromatic heterocycles. The first-order valence-electron chi connectivity index (χ1n) is 8.24. The number of aromatic nitrogens is 4. The van der Waals surface area contributed by atoms with Gasteiger partial charge in [0.05, 0.1) is 30.4 Å². The largest absolute Gasteiger partial charge is 0.373 e. The van der Waals surface area contributed by atoms with Gasteiger partial charge in [-0.2, -0.15) is 10.4 Å². The van der Waals surface area contributed by atoms with Gasteiger partial charge >= 0.3 is 0 Å². The van der Waals surface area contributed by atoms with Crippen molar-refractivity contribution in [1.29, 1.82) is 5.26 Å². The Morgan fingerprint density at radius 1 is 1.33 bits per heavy atom. The van der Waals surface area contributed by atoms with Crippen molar-refractivity contribution >= 4 is 11.0 Å². The number of aromatic amines is 1. The van der Waals surface area contributed by atoms with Crippen molar-refractivity contribution in [2.24, 2.45) is 13.0 Å². The highest BCUT2D eigenvalue weighted by molar-refractivity contribution is 5.93. The van der Waals surface area contributed by atoms with E-state index in [9.17, 15) is 0 Å². The topological polar surface area (TPSA) is 79.5 Å². The van der Waals surface area contributed by atoms with Crippen LogP contribution in [-0.2, 0) is 11.8 Å². The highest BCUT2D eigenvalue weighted by Gasteiger charge is 2.47.